The van der Waals surface area contributed by atoms with Gasteiger partial charge in [0.25, 0.3) is 20.2 Å². The second kappa shape index (κ2) is 11.8. The number of benzene rings is 2. The van der Waals surface area contributed by atoms with E-state index in [2.05, 4.69) is 0 Å². The molecule has 0 aliphatic carbocycles. The van der Waals surface area contributed by atoms with Crippen LogP contribution in [-0.4, -0.2) is 50.7 Å². The Morgan fingerprint density at radius 3 is 1.27 bits per heavy atom. The molecule has 0 radical (unpaired) electrons. The first kappa shape index (κ1) is 24.8. The van der Waals surface area contributed by atoms with E-state index in [4.69, 9.17) is 18.6 Å². The van der Waals surface area contributed by atoms with Crippen LogP contribution in [0.2, 0.25) is 0 Å². The predicted octanol–water partition coefficient (Wildman–Crippen LogP) is 3.80. The summed E-state index contributed by atoms with van der Waals surface area (Å²) in [5.41, 5.74) is 0. The van der Waals surface area contributed by atoms with Crippen molar-refractivity contribution in [3.8, 4) is 11.5 Å². The van der Waals surface area contributed by atoms with Crippen molar-refractivity contribution in [3.05, 3.63) is 48.5 Å². The summed E-state index contributed by atoms with van der Waals surface area (Å²) in [7, 11) is -4.80. The molecule has 12 heteroatoms. The van der Waals surface area contributed by atoms with Crippen LogP contribution < -0.4 is 9.47 Å². The quantitative estimate of drug-likeness (QED) is 0.241. The minimum atomic E-state index is -3.96. The average molecular weight is 495 g/mol. The van der Waals surface area contributed by atoms with Crippen molar-refractivity contribution >= 4 is 41.8 Å². The van der Waals surface area contributed by atoms with Gasteiger partial charge in [-0.15, -0.1) is 0 Å². The van der Waals surface area contributed by atoms with Crippen LogP contribution in [0.25, 0.3) is 0 Å². The smallest absolute Gasteiger partial charge is 0.264 e. The van der Waals surface area contributed by atoms with E-state index in [1.165, 1.54) is 0 Å². The highest BCUT2D eigenvalue weighted by Gasteiger charge is 2.05. The van der Waals surface area contributed by atoms with Gasteiger partial charge in [-0.2, -0.15) is 16.8 Å². The molecule has 2 aromatic carbocycles. The minimum Gasteiger partial charge on any atom is -0.494 e. The second-order valence-corrected chi connectivity index (χ2v) is 11.5. The third kappa shape index (κ3) is 11.1. The highest BCUT2D eigenvalue weighted by atomic mass is 33.1. The van der Waals surface area contributed by atoms with Crippen LogP contribution >= 0.6 is 21.6 Å². The van der Waals surface area contributed by atoms with Gasteiger partial charge in [0.15, 0.2) is 0 Å². The lowest BCUT2D eigenvalue weighted by atomic mass is 10.3. The van der Waals surface area contributed by atoms with Crippen molar-refractivity contribution in [1.29, 1.82) is 0 Å². The molecule has 0 spiro atoms. The molecule has 166 valence electrons. The zero-order chi connectivity index (χ0) is 22.0. The van der Waals surface area contributed by atoms with Gasteiger partial charge >= 0.3 is 0 Å². The number of hydrogen-bond acceptors (Lipinski definition) is 8. The molecule has 0 heterocycles. The molecule has 0 aliphatic heterocycles. The molecule has 30 heavy (non-hydrogen) atoms. The molecule has 0 amide bonds. The normalized spacial score (nSPS) is 11.9. The molecule has 0 saturated heterocycles. The summed E-state index contributed by atoms with van der Waals surface area (Å²) in [5, 5.41) is 0. The third-order valence-electron chi connectivity index (χ3n) is 3.51. The SMILES string of the molecule is O=S(=O)(O)CCCOc1ccc(SSc2ccc(OCCCS(=O)(=O)O)cc2)cc1. The van der Waals surface area contributed by atoms with Crippen LogP contribution in [0.4, 0.5) is 0 Å². The van der Waals surface area contributed by atoms with E-state index in [1.54, 1.807) is 45.9 Å². The van der Waals surface area contributed by atoms with Gasteiger partial charge < -0.3 is 9.47 Å². The Bertz CT molecular complexity index is 904. The highest BCUT2D eigenvalue weighted by Crippen LogP contribution is 2.38. The second-order valence-electron chi connectivity index (χ2n) is 6.09. The Morgan fingerprint density at radius 2 is 0.967 bits per heavy atom. The highest BCUT2D eigenvalue weighted by molar-refractivity contribution is 8.76. The zero-order valence-corrected chi connectivity index (χ0v) is 19.1. The molecule has 0 aromatic heterocycles. The van der Waals surface area contributed by atoms with Crippen molar-refractivity contribution in [2.75, 3.05) is 24.7 Å². The van der Waals surface area contributed by atoms with Crippen molar-refractivity contribution in [2.45, 2.75) is 22.6 Å². The lowest BCUT2D eigenvalue weighted by molar-refractivity contribution is 0.316. The maximum absolute atomic E-state index is 10.6. The average Bonchev–Trinajstić information content (AvgIpc) is 2.67. The Labute approximate surface area is 184 Å². The maximum atomic E-state index is 10.6. The summed E-state index contributed by atoms with van der Waals surface area (Å²) in [5.74, 6) is 0.586. The Hall–Kier alpha value is -1.44. The molecule has 0 unspecified atom stereocenters. The first-order chi connectivity index (χ1) is 14.1. The minimum absolute atomic E-state index is 0.200. The largest absolute Gasteiger partial charge is 0.494 e. The van der Waals surface area contributed by atoms with Gasteiger partial charge in [-0.3, -0.25) is 9.11 Å². The molecule has 2 aromatic rings. The lowest BCUT2D eigenvalue weighted by Gasteiger charge is -2.08. The van der Waals surface area contributed by atoms with E-state index in [0.717, 1.165) is 9.79 Å². The molecule has 0 bridgehead atoms. The van der Waals surface area contributed by atoms with E-state index in [1.807, 2.05) is 24.3 Å². The molecular weight excluding hydrogens is 472 g/mol. The summed E-state index contributed by atoms with van der Waals surface area (Å²) in [6.45, 7) is 0.399. The molecule has 2 rings (SSSR count). The van der Waals surface area contributed by atoms with Crippen LogP contribution in [0.5, 0.6) is 11.5 Å². The molecule has 0 saturated carbocycles. The molecular formula is C18H22O8S4. The van der Waals surface area contributed by atoms with Gasteiger partial charge in [0.1, 0.15) is 11.5 Å². The van der Waals surface area contributed by atoms with Crippen LogP contribution in [0.1, 0.15) is 12.8 Å². The number of rotatable bonds is 13. The summed E-state index contributed by atoms with van der Waals surface area (Å²) < 4.78 is 70.8. The van der Waals surface area contributed by atoms with Crippen LogP contribution in [0, 0.1) is 0 Å². The van der Waals surface area contributed by atoms with E-state index in [0.29, 0.717) is 11.5 Å². The Kier molecular flexibility index (Phi) is 9.78. The molecule has 2 N–H and O–H groups in total. The molecule has 0 aliphatic rings. The van der Waals surface area contributed by atoms with Crippen LogP contribution in [0.15, 0.2) is 58.3 Å². The van der Waals surface area contributed by atoms with Crippen LogP contribution in [0.3, 0.4) is 0 Å². The fourth-order valence-corrected chi connectivity index (χ4v) is 5.04. The predicted molar refractivity (Wildman–Crippen MR) is 118 cm³/mol. The molecule has 0 fully saturated rings. The van der Waals surface area contributed by atoms with Crippen LogP contribution in [-0.2, 0) is 20.2 Å². The van der Waals surface area contributed by atoms with Gasteiger partial charge in [0, 0.05) is 9.79 Å². The van der Waals surface area contributed by atoms with E-state index in [-0.39, 0.29) is 37.6 Å². The first-order valence-corrected chi connectivity index (χ1v) is 14.2. The first-order valence-electron chi connectivity index (χ1n) is 8.81. The van der Waals surface area contributed by atoms with Crippen molar-refractivity contribution in [1.82, 2.24) is 0 Å². The summed E-state index contributed by atoms with van der Waals surface area (Å²) in [6.07, 6.45) is 0.427. The van der Waals surface area contributed by atoms with Crippen molar-refractivity contribution in [3.63, 3.8) is 0 Å². The molecule has 8 nitrogen and oxygen atoms in total. The zero-order valence-electron chi connectivity index (χ0n) is 15.8. The van der Waals surface area contributed by atoms with Gasteiger partial charge in [-0.05, 0) is 61.4 Å². The number of hydrogen-bond donors (Lipinski definition) is 2. The Morgan fingerprint density at radius 1 is 0.633 bits per heavy atom. The summed E-state index contributed by atoms with van der Waals surface area (Å²) in [6, 6.07) is 14.7. The third-order valence-corrected chi connectivity index (χ3v) is 7.54. The van der Waals surface area contributed by atoms with Gasteiger partial charge in [0.2, 0.25) is 0 Å². The topological polar surface area (TPSA) is 127 Å². The maximum Gasteiger partial charge on any atom is 0.264 e. The summed E-state index contributed by atoms with van der Waals surface area (Å²) in [4.78, 5) is 2.02. The number of ether oxygens (including phenoxy) is 2. The van der Waals surface area contributed by atoms with E-state index < -0.39 is 20.2 Å². The fourth-order valence-electron chi connectivity index (χ4n) is 2.14. The molecule has 0 atom stereocenters. The monoisotopic (exact) mass is 494 g/mol. The fraction of sp³-hybridized carbons (Fsp3) is 0.333. The Balaban J connectivity index is 1.71. The lowest BCUT2D eigenvalue weighted by Crippen LogP contribution is -2.08. The van der Waals surface area contributed by atoms with Gasteiger partial charge in [-0.25, -0.2) is 0 Å². The van der Waals surface area contributed by atoms with Crippen molar-refractivity contribution < 1.29 is 35.4 Å². The van der Waals surface area contributed by atoms with Crippen molar-refractivity contribution in [2.24, 2.45) is 0 Å². The van der Waals surface area contributed by atoms with E-state index in [9.17, 15) is 16.8 Å². The van der Waals surface area contributed by atoms with Gasteiger partial charge in [-0.1, -0.05) is 21.6 Å². The van der Waals surface area contributed by atoms with Gasteiger partial charge in [0.05, 0.1) is 24.7 Å². The standard InChI is InChI=1S/C18H22O8S4/c19-29(20,21)13-1-11-25-15-3-7-17(8-4-15)27-28-18-9-5-16(6-10-18)26-12-2-14-30(22,23)24/h3-10H,1-2,11-14H2,(H,19,20,21)(H,22,23,24). The summed E-state index contributed by atoms with van der Waals surface area (Å²) >= 11 is 0. The van der Waals surface area contributed by atoms with E-state index >= 15 is 0 Å².